The molecule has 1 aromatic rings. The molecule has 0 N–H and O–H groups in total. The van der Waals surface area contributed by atoms with Gasteiger partial charge < -0.3 is 23.7 Å². The first-order chi connectivity index (χ1) is 32.7. The van der Waals surface area contributed by atoms with E-state index >= 15 is 0 Å². The summed E-state index contributed by atoms with van der Waals surface area (Å²) in [7, 11) is 0. The van der Waals surface area contributed by atoms with Crippen LogP contribution in [-0.4, -0.2) is 61.1 Å². The summed E-state index contributed by atoms with van der Waals surface area (Å²) in [6, 6.07) is 3.94. The zero-order valence-electron chi connectivity index (χ0n) is 43.9. The highest BCUT2D eigenvalue weighted by Crippen LogP contribution is 2.67. The number of rotatable bonds is 24. The lowest BCUT2D eigenvalue weighted by molar-refractivity contribution is -0.166. The van der Waals surface area contributed by atoms with E-state index in [-0.39, 0.29) is 86.0 Å². The lowest BCUT2D eigenvalue weighted by atomic mass is 9.44. The fourth-order valence-electron chi connectivity index (χ4n) is 13.4. The second kappa shape index (κ2) is 25.2. The highest BCUT2D eigenvalue weighted by molar-refractivity contribution is 5.79. The Balaban J connectivity index is 1.08. The second-order valence-electron chi connectivity index (χ2n) is 22.5. The molecule has 0 bridgehead atoms. The fraction of sp³-hybridized carbons (Fsp3) is 0.724. The molecule has 4 aliphatic carbocycles. The van der Waals surface area contributed by atoms with Crippen molar-refractivity contribution in [2.45, 2.75) is 209 Å². The van der Waals surface area contributed by atoms with Gasteiger partial charge >= 0.3 is 29.8 Å². The van der Waals surface area contributed by atoms with E-state index < -0.39 is 29.4 Å². The number of ketones is 1. The molecule has 1 aromatic carbocycles. The van der Waals surface area contributed by atoms with Crippen LogP contribution < -0.4 is 4.74 Å². The number of hydrogen-bond acceptors (Lipinski definition) is 11. The molecule has 0 amide bonds. The number of carbonyl (C=O) groups is 6. The number of allylic oxidation sites excluding steroid dienone is 2. The number of unbranched alkanes of at least 4 members (excludes halogenated alkanes) is 1. The van der Waals surface area contributed by atoms with Crippen LogP contribution in [0.2, 0.25) is 0 Å². The number of fused-ring (bicyclic) bond motifs is 5. The molecule has 69 heavy (non-hydrogen) atoms. The maximum Gasteiger partial charge on any atom is 0.311 e. The van der Waals surface area contributed by atoms with Gasteiger partial charge in [-0.3, -0.25) is 28.8 Å². The van der Waals surface area contributed by atoms with Crippen LogP contribution in [0.1, 0.15) is 194 Å². The van der Waals surface area contributed by atoms with Crippen LogP contribution in [0, 0.1) is 60.2 Å². The van der Waals surface area contributed by atoms with E-state index in [0.29, 0.717) is 54.5 Å². The molecule has 0 aromatic heterocycles. The van der Waals surface area contributed by atoms with E-state index in [2.05, 4.69) is 19.9 Å². The van der Waals surface area contributed by atoms with Gasteiger partial charge in [-0.25, -0.2) is 0 Å². The van der Waals surface area contributed by atoms with Gasteiger partial charge in [0.1, 0.15) is 30.9 Å². The molecule has 4 fully saturated rings. The van der Waals surface area contributed by atoms with Crippen molar-refractivity contribution in [3.8, 4) is 5.75 Å². The van der Waals surface area contributed by atoms with Crippen molar-refractivity contribution in [1.29, 1.82) is 0 Å². The molecule has 1 unspecified atom stereocenters. The highest BCUT2D eigenvalue weighted by atomic mass is 16.6. The molecule has 4 aliphatic rings. The largest absolute Gasteiger partial charge is 0.462 e. The molecule has 0 radical (unpaired) electrons. The van der Waals surface area contributed by atoms with Gasteiger partial charge in [0.05, 0.1) is 19.3 Å². The Kier molecular flexibility index (Phi) is 20.3. The monoisotopic (exact) mass is 959 g/mol. The predicted molar refractivity (Wildman–Crippen MR) is 267 cm³/mol. The average Bonchev–Trinajstić information content (AvgIpc) is 3.63. The molecule has 0 saturated heterocycles. The van der Waals surface area contributed by atoms with Crippen LogP contribution in [0.15, 0.2) is 36.4 Å². The summed E-state index contributed by atoms with van der Waals surface area (Å²) in [5.41, 5.74) is 2.47. The Morgan fingerprint density at radius 2 is 1.39 bits per heavy atom. The van der Waals surface area contributed by atoms with Crippen molar-refractivity contribution in [1.82, 2.24) is 0 Å². The van der Waals surface area contributed by atoms with Gasteiger partial charge in [0.25, 0.3) is 0 Å². The molecular formula is C58H86O11. The van der Waals surface area contributed by atoms with Crippen molar-refractivity contribution in [2.24, 2.45) is 46.3 Å². The standard InChI is InChI=1S/C58H86O11/c1-11-13-15-20-50(60)65-36-44(37-66-51(61)21-16-14-12-2)68-53(63)33-38(3)19-17-18-22-52(62)69-49-32-39(4)31-40(5)55(49)56(7,8)35-54(64)67-43-27-29-57(9)42(34-43)23-24-45-47-26-25-46(41(6)59)58(47,10)30-28-48(45)57/h13-16,31-32,38,42-48H,11-12,17-30,33-37H2,1-10H3/b15-13-,16-14-/t38?,42-,43+,45-,46+,47-,48-,57-,58+/m0/s1. The van der Waals surface area contributed by atoms with Crippen molar-refractivity contribution >= 4 is 35.6 Å². The van der Waals surface area contributed by atoms with Gasteiger partial charge in [0.2, 0.25) is 0 Å². The summed E-state index contributed by atoms with van der Waals surface area (Å²) < 4.78 is 28.7. The van der Waals surface area contributed by atoms with Crippen LogP contribution in [0.5, 0.6) is 5.75 Å². The zero-order chi connectivity index (χ0) is 50.5. The third kappa shape index (κ3) is 14.9. The van der Waals surface area contributed by atoms with Crippen LogP contribution in [0.25, 0.3) is 0 Å². The number of aryl methyl sites for hydroxylation is 2. The molecule has 4 saturated carbocycles. The molecule has 384 valence electrons. The first-order valence-electron chi connectivity index (χ1n) is 26.5. The lowest BCUT2D eigenvalue weighted by Crippen LogP contribution is -2.54. The Morgan fingerprint density at radius 3 is 2.03 bits per heavy atom. The van der Waals surface area contributed by atoms with E-state index in [9.17, 15) is 28.8 Å². The Morgan fingerprint density at radius 1 is 0.754 bits per heavy atom. The number of hydrogen-bond donors (Lipinski definition) is 0. The maximum absolute atomic E-state index is 13.8. The van der Waals surface area contributed by atoms with Gasteiger partial charge in [-0.15, -0.1) is 0 Å². The number of Topliss-reactive ketones (excluding diaryl/α,β-unsaturated/α-hetero) is 1. The summed E-state index contributed by atoms with van der Waals surface area (Å²) in [6.07, 6.45) is 20.1. The maximum atomic E-state index is 13.8. The molecular weight excluding hydrogens is 873 g/mol. The van der Waals surface area contributed by atoms with Crippen LogP contribution in [0.4, 0.5) is 0 Å². The normalized spacial score (nSPS) is 27.0. The third-order valence-corrected chi connectivity index (χ3v) is 16.7. The minimum atomic E-state index is -0.937. The van der Waals surface area contributed by atoms with Crippen LogP contribution in [0.3, 0.4) is 0 Å². The van der Waals surface area contributed by atoms with Gasteiger partial charge in [-0.1, -0.05) is 91.7 Å². The van der Waals surface area contributed by atoms with Crippen molar-refractivity contribution in [2.75, 3.05) is 13.2 Å². The molecule has 9 atom stereocenters. The predicted octanol–water partition coefficient (Wildman–Crippen LogP) is 12.3. The average molecular weight is 959 g/mol. The smallest absolute Gasteiger partial charge is 0.311 e. The van der Waals surface area contributed by atoms with Crippen molar-refractivity contribution in [3.63, 3.8) is 0 Å². The lowest BCUT2D eigenvalue weighted by Gasteiger charge is -2.61. The van der Waals surface area contributed by atoms with Gasteiger partial charge in [-0.05, 0) is 155 Å². The molecule has 0 spiro atoms. The number of carbonyl (C=O) groups excluding carboxylic acids is 6. The third-order valence-electron chi connectivity index (χ3n) is 16.7. The quantitative estimate of drug-likeness (QED) is 0.0320. The fourth-order valence-corrected chi connectivity index (χ4v) is 13.4. The van der Waals surface area contributed by atoms with E-state index in [1.807, 2.05) is 66.7 Å². The van der Waals surface area contributed by atoms with Crippen molar-refractivity contribution in [3.05, 3.63) is 53.1 Å². The summed E-state index contributed by atoms with van der Waals surface area (Å²) in [6.45, 7) is 20.1. The summed E-state index contributed by atoms with van der Waals surface area (Å²) >= 11 is 0. The Labute approximate surface area is 414 Å². The summed E-state index contributed by atoms with van der Waals surface area (Å²) in [4.78, 5) is 77.2. The Bertz CT molecular complexity index is 1980. The number of esters is 5. The van der Waals surface area contributed by atoms with Crippen molar-refractivity contribution < 1.29 is 52.5 Å². The van der Waals surface area contributed by atoms with Gasteiger partial charge in [-0.2, -0.15) is 0 Å². The zero-order valence-corrected chi connectivity index (χ0v) is 43.9. The molecule has 11 heteroatoms. The van der Waals surface area contributed by atoms with E-state index in [1.54, 1.807) is 19.1 Å². The van der Waals surface area contributed by atoms with Gasteiger partial charge in [0, 0.05) is 29.7 Å². The SMILES string of the molecule is CC/C=C\CC(=O)OCC(COC(=O)C/C=C\CC)OC(=O)CC(C)CCCCC(=O)Oc1cc(C)cc(C)c1C(C)(C)CC(=O)O[C@@H]1CC[C@@]2(C)[C@@H](CC[C@@H]3[C@@H]2CC[C@]2(C)[C@@H](C(C)=O)CC[C@@H]32)C1. The Hall–Kier alpha value is -4.28. The first-order valence-corrected chi connectivity index (χ1v) is 26.5. The molecule has 0 aliphatic heterocycles. The molecule has 5 rings (SSSR count). The minimum Gasteiger partial charge on any atom is -0.462 e. The van der Waals surface area contributed by atoms with E-state index in [4.69, 9.17) is 23.7 Å². The molecule has 0 heterocycles. The first kappa shape index (κ1) is 55.6. The summed E-state index contributed by atoms with van der Waals surface area (Å²) in [5, 5.41) is 0. The van der Waals surface area contributed by atoms with E-state index in [0.717, 1.165) is 68.1 Å². The van der Waals surface area contributed by atoms with Crippen LogP contribution in [-0.2, 0) is 53.1 Å². The number of ether oxygens (including phenoxy) is 5. The van der Waals surface area contributed by atoms with Gasteiger partial charge in [0.15, 0.2) is 6.10 Å². The summed E-state index contributed by atoms with van der Waals surface area (Å²) in [5.74, 6) is 1.54. The minimum absolute atomic E-state index is 0.0551. The van der Waals surface area contributed by atoms with Crippen LogP contribution >= 0.6 is 0 Å². The molecule has 11 nitrogen and oxygen atoms in total. The second-order valence-corrected chi connectivity index (χ2v) is 22.5. The topological polar surface area (TPSA) is 149 Å². The van der Waals surface area contributed by atoms with E-state index in [1.165, 1.54) is 19.3 Å². The highest BCUT2D eigenvalue weighted by Gasteiger charge is 2.61. The number of benzene rings is 1.